The van der Waals surface area contributed by atoms with Crippen LogP contribution in [0.1, 0.15) is 58.3 Å². The third kappa shape index (κ3) is 25.8. The van der Waals surface area contributed by atoms with Gasteiger partial charge in [0.2, 0.25) is 0 Å². The van der Waals surface area contributed by atoms with E-state index < -0.39 is 43.9 Å². The Balaban J connectivity index is -0.00000338. The monoisotopic (exact) mass is 477 g/mol. The van der Waals surface area contributed by atoms with Crippen molar-refractivity contribution in [2.75, 3.05) is 31.1 Å². The molecule has 0 bridgehead atoms. The van der Waals surface area contributed by atoms with Crippen LogP contribution in [0, 0.1) is 0 Å². The van der Waals surface area contributed by atoms with E-state index in [9.17, 15) is 36.2 Å². The van der Waals surface area contributed by atoms with E-state index in [-0.39, 0.29) is 72.2 Å². The molecule has 0 saturated carbocycles. The molecular formula is C16H33NNa2O8S2. The molecule has 0 rings (SSSR count). The van der Waals surface area contributed by atoms with Gasteiger partial charge in [-0.3, -0.25) is 4.90 Å². The Hall–Kier alpha value is 1.70. The van der Waals surface area contributed by atoms with Gasteiger partial charge in [-0.1, -0.05) is 51.9 Å². The van der Waals surface area contributed by atoms with Gasteiger partial charge in [-0.2, -0.15) is 0 Å². The van der Waals surface area contributed by atoms with Crippen LogP contribution in [0.15, 0.2) is 0 Å². The number of nitrogens with zero attached hydrogens (tertiary/aromatic N) is 1. The first-order valence-corrected chi connectivity index (χ1v) is 12.5. The van der Waals surface area contributed by atoms with Crippen LogP contribution >= 0.6 is 0 Å². The van der Waals surface area contributed by atoms with E-state index in [2.05, 4.69) is 6.92 Å². The minimum atomic E-state index is -4.60. The van der Waals surface area contributed by atoms with Crippen LogP contribution in [-0.2, 0) is 20.2 Å². The maximum atomic E-state index is 10.7. The molecule has 0 aromatic heterocycles. The van der Waals surface area contributed by atoms with Gasteiger partial charge in [-0.05, 0) is 13.0 Å². The van der Waals surface area contributed by atoms with E-state index in [0.717, 1.165) is 25.7 Å². The summed E-state index contributed by atoms with van der Waals surface area (Å²) in [4.78, 5) is 1.49. The molecule has 0 aromatic rings. The van der Waals surface area contributed by atoms with Gasteiger partial charge in [0.15, 0.2) is 0 Å². The Bertz CT molecular complexity index is 548. The molecule has 2 N–H and O–H groups in total. The van der Waals surface area contributed by atoms with E-state index in [1.165, 1.54) is 24.2 Å². The number of hydrogen-bond donors (Lipinski definition) is 2. The molecule has 0 aliphatic carbocycles. The van der Waals surface area contributed by atoms with Crippen molar-refractivity contribution < 1.29 is 95.3 Å². The second-order valence-corrected chi connectivity index (χ2v) is 9.89. The summed E-state index contributed by atoms with van der Waals surface area (Å²) in [7, 11) is -9.20. The van der Waals surface area contributed by atoms with Gasteiger partial charge in [-0.15, -0.1) is 0 Å². The molecule has 0 fully saturated rings. The van der Waals surface area contributed by atoms with Crippen molar-refractivity contribution in [3.05, 3.63) is 0 Å². The van der Waals surface area contributed by atoms with Crippen molar-refractivity contribution in [2.45, 2.75) is 70.5 Å². The van der Waals surface area contributed by atoms with E-state index in [0.29, 0.717) is 13.0 Å². The van der Waals surface area contributed by atoms with Crippen molar-refractivity contribution in [1.29, 1.82) is 0 Å². The van der Waals surface area contributed by atoms with Crippen LogP contribution in [0.2, 0.25) is 0 Å². The molecular weight excluding hydrogens is 444 g/mol. The van der Waals surface area contributed by atoms with Crippen LogP contribution in [0.3, 0.4) is 0 Å². The summed E-state index contributed by atoms with van der Waals surface area (Å²) in [6, 6.07) is 0. The van der Waals surface area contributed by atoms with Crippen molar-refractivity contribution >= 4 is 20.2 Å². The molecule has 0 aliphatic rings. The topological polar surface area (TPSA) is 158 Å². The normalized spacial score (nSPS) is 14.1. The molecule has 0 radical (unpaired) electrons. The summed E-state index contributed by atoms with van der Waals surface area (Å²) >= 11 is 0. The standard InChI is InChI=1S/C16H35NO8S2.2Na/c1-2-3-4-5-6-7-8-9-10-17(11-15(18)13-26(20,21)22)12-16(19)14-27(23,24)25;;/h15-16,18-19H,2-14H2,1H3,(H,20,21,22)(H,23,24,25);;/q;2*+1/p-2. The number of rotatable bonds is 17. The summed E-state index contributed by atoms with van der Waals surface area (Å²) in [6.07, 6.45) is 5.60. The maximum Gasteiger partial charge on any atom is 1.00 e. The van der Waals surface area contributed by atoms with Crippen LogP contribution in [0.25, 0.3) is 0 Å². The molecule has 0 saturated heterocycles. The van der Waals surface area contributed by atoms with Crippen molar-refractivity contribution in [1.82, 2.24) is 4.90 Å². The van der Waals surface area contributed by atoms with Crippen LogP contribution in [-0.4, -0.2) is 84.4 Å². The van der Waals surface area contributed by atoms with Gasteiger partial charge in [0.05, 0.1) is 43.9 Å². The summed E-state index contributed by atoms with van der Waals surface area (Å²) in [5, 5.41) is 19.5. The maximum absolute atomic E-state index is 10.7. The van der Waals surface area contributed by atoms with E-state index in [1.807, 2.05) is 0 Å². The van der Waals surface area contributed by atoms with Gasteiger partial charge in [0, 0.05) is 13.1 Å². The molecule has 9 nitrogen and oxygen atoms in total. The average molecular weight is 478 g/mol. The number of aliphatic hydroxyl groups is 2. The first-order chi connectivity index (χ1) is 12.4. The quantitative estimate of drug-likeness (QED) is 0.118. The number of aliphatic hydroxyl groups excluding tert-OH is 2. The second-order valence-electron chi connectivity index (χ2n) is 6.99. The zero-order chi connectivity index (χ0) is 20.9. The molecule has 2 atom stereocenters. The third-order valence-electron chi connectivity index (χ3n) is 4.06. The Labute approximate surface area is 220 Å². The van der Waals surface area contributed by atoms with Crippen molar-refractivity contribution in [3.8, 4) is 0 Å². The summed E-state index contributed by atoms with van der Waals surface area (Å²) < 4.78 is 64.4. The van der Waals surface area contributed by atoms with Crippen LogP contribution in [0.5, 0.6) is 0 Å². The Morgan fingerprint density at radius 3 is 1.41 bits per heavy atom. The second kappa shape index (κ2) is 19.2. The minimum Gasteiger partial charge on any atom is -0.748 e. The van der Waals surface area contributed by atoms with Gasteiger partial charge < -0.3 is 19.3 Å². The number of hydrogen-bond acceptors (Lipinski definition) is 9. The molecule has 164 valence electrons. The Morgan fingerprint density at radius 1 is 0.724 bits per heavy atom. The smallest absolute Gasteiger partial charge is 0.748 e. The predicted molar refractivity (Wildman–Crippen MR) is 100 cm³/mol. The van der Waals surface area contributed by atoms with E-state index in [4.69, 9.17) is 0 Å². The largest absolute Gasteiger partial charge is 1.00 e. The van der Waals surface area contributed by atoms with E-state index in [1.54, 1.807) is 0 Å². The Kier molecular flexibility index (Phi) is 23.4. The van der Waals surface area contributed by atoms with Gasteiger partial charge >= 0.3 is 59.1 Å². The molecule has 0 amide bonds. The molecule has 29 heavy (non-hydrogen) atoms. The molecule has 13 heteroatoms. The predicted octanol–water partition coefficient (Wildman–Crippen LogP) is -5.75. The van der Waals surface area contributed by atoms with Crippen LogP contribution < -0.4 is 59.1 Å². The summed E-state index contributed by atoms with van der Waals surface area (Å²) in [5.41, 5.74) is 0. The van der Waals surface area contributed by atoms with Gasteiger partial charge in [0.25, 0.3) is 0 Å². The van der Waals surface area contributed by atoms with Gasteiger partial charge in [0.1, 0.15) is 0 Å². The van der Waals surface area contributed by atoms with Gasteiger partial charge in [-0.25, -0.2) is 16.8 Å². The Morgan fingerprint density at radius 2 is 1.07 bits per heavy atom. The first kappa shape index (κ1) is 35.3. The zero-order valence-corrected chi connectivity index (χ0v) is 23.6. The van der Waals surface area contributed by atoms with Crippen molar-refractivity contribution in [3.63, 3.8) is 0 Å². The molecule has 2 unspecified atom stereocenters. The molecule has 0 aliphatic heterocycles. The molecule has 0 aromatic carbocycles. The first-order valence-electron chi connectivity index (χ1n) is 9.38. The minimum absolute atomic E-state index is 0. The summed E-state index contributed by atoms with van der Waals surface area (Å²) in [6.45, 7) is 2.14. The molecule has 0 heterocycles. The zero-order valence-electron chi connectivity index (χ0n) is 18.0. The summed E-state index contributed by atoms with van der Waals surface area (Å²) in [5.74, 6) is -1.92. The van der Waals surface area contributed by atoms with E-state index >= 15 is 0 Å². The van der Waals surface area contributed by atoms with Crippen LogP contribution in [0.4, 0.5) is 0 Å². The SMILES string of the molecule is CCCCCCCCCCN(CC(O)CS(=O)(=O)[O-])CC(O)CS(=O)(=O)[O-].[Na+].[Na+]. The number of unbranched alkanes of at least 4 members (excludes halogenated alkanes) is 7. The molecule has 0 spiro atoms. The van der Waals surface area contributed by atoms with Crippen molar-refractivity contribution in [2.24, 2.45) is 0 Å². The fourth-order valence-corrected chi connectivity index (χ4v) is 4.05. The average Bonchev–Trinajstić information content (AvgIpc) is 2.45. The fourth-order valence-electron chi connectivity index (χ4n) is 2.90. The fraction of sp³-hybridized carbons (Fsp3) is 1.00. The third-order valence-corrected chi connectivity index (χ3v) is 5.64.